The summed E-state index contributed by atoms with van der Waals surface area (Å²) in [6, 6.07) is 8.24. The Morgan fingerprint density at radius 1 is 1.12 bits per heavy atom. The fraction of sp³-hybridized carbons (Fsp3) is 0.538. The van der Waals surface area contributed by atoms with Crippen LogP contribution in [-0.4, -0.2) is 97.4 Å². The van der Waals surface area contributed by atoms with Crippen molar-refractivity contribution in [3.05, 3.63) is 48.0 Å². The van der Waals surface area contributed by atoms with Gasteiger partial charge in [-0.2, -0.15) is 0 Å². The smallest absolute Gasteiger partial charge is 0.342 e. The number of esters is 1. The molecule has 2 heterocycles. The number of rotatable bonds is 12. The summed E-state index contributed by atoms with van der Waals surface area (Å²) in [5.41, 5.74) is -0.400. The molecule has 14 heteroatoms. The second kappa shape index (κ2) is 11.5. The summed E-state index contributed by atoms with van der Waals surface area (Å²) in [5.74, 6) is -7.46. The number of aliphatic hydroxyl groups excluding tert-OH is 2. The number of primary amides is 1. The first-order chi connectivity index (χ1) is 18.6. The minimum absolute atomic E-state index is 0.113. The minimum atomic E-state index is -3.47. The van der Waals surface area contributed by atoms with E-state index in [0.717, 1.165) is 5.56 Å². The first-order valence-corrected chi connectivity index (χ1v) is 12.5. The Kier molecular flexibility index (Phi) is 8.91. The first-order valence-electron chi connectivity index (χ1n) is 12.5. The highest BCUT2D eigenvalue weighted by Gasteiger charge is 2.83. The normalized spacial score (nSPS) is 32.5. The number of nitrogens with two attached hydrogens (primary N) is 1. The molecular formula is C26H34N2O12. The molecule has 0 aliphatic carbocycles. The lowest BCUT2D eigenvalue weighted by molar-refractivity contribution is -0.378. The zero-order valence-electron chi connectivity index (χ0n) is 22.0. The molecule has 0 aromatic heterocycles. The summed E-state index contributed by atoms with van der Waals surface area (Å²) in [6.45, 7) is 6.26. The Hall–Kier alpha value is -3.56. The molecule has 14 nitrogen and oxygen atoms in total. The van der Waals surface area contributed by atoms with E-state index >= 15 is 0 Å². The number of aliphatic hydroxyl groups is 3. The lowest BCUT2D eigenvalue weighted by atomic mass is 9.74. The Balaban J connectivity index is 1.93. The minimum Gasteiger partial charge on any atom is -0.479 e. The van der Waals surface area contributed by atoms with Crippen molar-refractivity contribution < 1.29 is 58.9 Å². The van der Waals surface area contributed by atoms with Gasteiger partial charge in [0.05, 0.1) is 0 Å². The van der Waals surface area contributed by atoms with E-state index in [2.05, 4.69) is 6.58 Å². The van der Waals surface area contributed by atoms with Crippen molar-refractivity contribution in [3.63, 3.8) is 0 Å². The van der Waals surface area contributed by atoms with Crippen LogP contribution in [0.15, 0.2) is 42.5 Å². The number of nitrogens with one attached hydrogen (secondary N) is 1. The number of amides is 2. The van der Waals surface area contributed by atoms with E-state index in [1.807, 2.05) is 42.6 Å². The topological polar surface area (TPSA) is 235 Å². The van der Waals surface area contributed by atoms with Crippen molar-refractivity contribution in [2.75, 3.05) is 6.54 Å². The second-order valence-corrected chi connectivity index (χ2v) is 10.1. The van der Waals surface area contributed by atoms with Crippen molar-refractivity contribution in [3.8, 4) is 0 Å². The number of ether oxygens (including phenoxy) is 3. The molecule has 0 spiro atoms. The predicted molar refractivity (Wildman–Crippen MR) is 134 cm³/mol. The zero-order chi connectivity index (χ0) is 30.0. The van der Waals surface area contributed by atoms with Crippen molar-refractivity contribution in [2.45, 2.75) is 74.5 Å². The molecule has 1 aromatic rings. The molecule has 220 valence electrons. The van der Waals surface area contributed by atoms with Crippen LogP contribution in [-0.2, 0) is 35.0 Å². The lowest BCUT2D eigenvalue weighted by Gasteiger charge is -2.50. The van der Waals surface area contributed by atoms with Gasteiger partial charge in [0.15, 0.2) is 5.79 Å². The number of fused-ring (bicyclic) bond motifs is 2. The third-order valence-electron chi connectivity index (χ3n) is 7.39. The number of carboxylic acids is 2. The Labute approximate surface area is 229 Å². The van der Waals surface area contributed by atoms with Crippen LogP contribution in [0.25, 0.3) is 0 Å². The van der Waals surface area contributed by atoms with Crippen molar-refractivity contribution >= 4 is 23.9 Å². The van der Waals surface area contributed by atoms with Crippen LogP contribution in [0, 0.1) is 5.92 Å². The largest absolute Gasteiger partial charge is 0.479 e. The summed E-state index contributed by atoms with van der Waals surface area (Å²) in [5, 5.41) is 54.8. The van der Waals surface area contributed by atoms with E-state index < -0.39 is 78.3 Å². The Morgan fingerprint density at radius 2 is 1.75 bits per heavy atom. The van der Waals surface area contributed by atoms with Gasteiger partial charge in [-0.3, -0.25) is 4.79 Å². The van der Waals surface area contributed by atoms with Crippen LogP contribution in [0.2, 0.25) is 0 Å². The molecular weight excluding hydrogens is 532 g/mol. The molecule has 8 unspecified atom stereocenters. The number of carboxylic acid groups (broad SMARTS) is 2. The predicted octanol–water partition coefficient (Wildman–Crippen LogP) is -0.712. The Bertz CT molecular complexity index is 1160. The van der Waals surface area contributed by atoms with Gasteiger partial charge in [-0.25, -0.2) is 14.4 Å². The summed E-state index contributed by atoms with van der Waals surface area (Å²) < 4.78 is 16.7. The van der Waals surface area contributed by atoms with Gasteiger partial charge in [-0.05, 0) is 24.0 Å². The van der Waals surface area contributed by atoms with Gasteiger partial charge in [-0.1, -0.05) is 43.8 Å². The standard InChI is InChI=1S/C26H34N2O12/c1-13(18(38-15(3)29)14(2)11-16-7-5-4-6-8-16)9-10-24-19(30)20(31)26(40-24,22(34)35)25(37,21(32)33)17(39-24)12-28-23(27)36/h4-8,14,17-20,30-31,37H,1,9-12H2,2-3H3,(H,32,33)(H,34,35)(H3,27,28,36). The quantitative estimate of drug-likeness (QED) is 0.123. The molecule has 40 heavy (non-hydrogen) atoms. The fourth-order valence-electron chi connectivity index (χ4n) is 5.44. The molecule has 3 rings (SSSR count). The summed E-state index contributed by atoms with van der Waals surface area (Å²) in [7, 11) is 0. The van der Waals surface area contributed by atoms with E-state index in [4.69, 9.17) is 19.9 Å². The third-order valence-corrected chi connectivity index (χ3v) is 7.39. The van der Waals surface area contributed by atoms with Crippen LogP contribution >= 0.6 is 0 Å². The maximum absolute atomic E-state index is 12.4. The van der Waals surface area contributed by atoms with Gasteiger partial charge in [0, 0.05) is 25.8 Å². The van der Waals surface area contributed by atoms with Crippen LogP contribution in [0.3, 0.4) is 0 Å². The molecule has 2 bridgehead atoms. The van der Waals surface area contributed by atoms with E-state index in [9.17, 15) is 44.7 Å². The number of aliphatic carboxylic acids is 2. The van der Waals surface area contributed by atoms with Crippen LogP contribution in [0.1, 0.15) is 32.3 Å². The van der Waals surface area contributed by atoms with Crippen molar-refractivity contribution in [1.82, 2.24) is 5.32 Å². The molecule has 2 saturated heterocycles. The lowest BCUT2D eigenvalue weighted by Crippen LogP contribution is -2.77. The number of hydrogen-bond donors (Lipinski definition) is 7. The molecule has 2 amide bonds. The highest BCUT2D eigenvalue weighted by Crippen LogP contribution is 2.54. The molecule has 0 saturated carbocycles. The number of carbonyl (C=O) groups is 4. The first kappa shape index (κ1) is 31.0. The number of urea groups is 1. The van der Waals surface area contributed by atoms with Gasteiger partial charge in [-0.15, -0.1) is 0 Å². The third kappa shape index (κ3) is 5.28. The van der Waals surface area contributed by atoms with Gasteiger partial charge < -0.3 is 50.8 Å². The number of hydrogen-bond acceptors (Lipinski definition) is 10. The summed E-state index contributed by atoms with van der Waals surface area (Å²) in [4.78, 5) is 47.8. The molecule has 2 fully saturated rings. The second-order valence-electron chi connectivity index (χ2n) is 10.1. The molecule has 0 radical (unpaired) electrons. The number of benzene rings is 1. The summed E-state index contributed by atoms with van der Waals surface area (Å²) >= 11 is 0. The van der Waals surface area contributed by atoms with E-state index in [1.165, 1.54) is 6.92 Å². The molecule has 8 atom stereocenters. The van der Waals surface area contributed by atoms with E-state index in [-0.39, 0.29) is 12.3 Å². The van der Waals surface area contributed by atoms with Crippen LogP contribution < -0.4 is 11.1 Å². The number of carbonyl (C=O) groups excluding carboxylic acids is 2. The van der Waals surface area contributed by atoms with Gasteiger partial charge >= 0.3 is 23.9 Å². The SMILES string of the molecule is C=C(CCC12OC(CNC(N)=O)C(O)(C(=O)O)C(C(=O)O)(O1)C(O)C2O)C(OC(C)=O)C(C)Cc1ccccc1. The molecule has 1 aromatic carbocycles. The Morgan fingerprint density at radius 3 is 2.27 bits per heavy atom. The highest BCUT2D eigenvalue weighted by molar-refractivity contribution is 5.93. The maximum atomic E-state index is 12.4. The van der Waals surface area contributed by atoms with Crippen molar-refractivity contribution in [1.29, 1.82) is 0 Å². The van der Waals surface area contributed by atoms with E-state index in [1.54, 1.807) is 0 Å². The average molecular weight is 567 g/mol. The monoisotopic (exact) mass is 566 g/mol. The van der Waals surface area contributed by atoms with Gasteiger partial charge in [0.1, 0.15) is 24.4 Å². The molecule has 2 aliphatic heterocycles. The van der Waals surface area contributed by atoms with Gasteiger partial charge in [0.25, 0.3) is 0 Å². The highest BCUT2D eigenvalue weighted by atomic mass is 16.8. The summed E-state index contributed by atoms with van der Waals surface area (Å²) in [6.07, 6.45) is -7.51. The van der Waals surface area contributed by atoms with Crippen LogP contribution in [0.4, 0.5) is 4.79 Å². The van der Waals surface area contributed by atoms with E-state index in [0.29, 0.717) is 12.0 Å². The van der Waals surface area contributed by atoms with Crippen LogP contribution in [0.5, 0.6) is 0 Å². The fourth-order valence-corrected chi connectivity index (χ4v) is 5.44. The molecule has 8 N–H and O–H groups in total. The average Bonchev–Trinajstić information content (AvgIpc) is 3.08. The molecule has 2 aliphatic rings. The van der Waals surface area contributed by atoms with Crippen molar-refractivity contribution in [2.24, 2.45) is 11.7 Å². The van der Waals surface area contributed by atoms with Gasteiger partial charge in [0.2, 0.25) is 11.2 Å². The zero-order valence-corrected chi connectivity index (χ0v) is 22.0. The maximum Gasteiger partial charge on any atom is 0.342 e.